The largest absolute Gasteiger partial charge is 0.369 e. The molecule has 2 saturated heterocycles. The first kappa shape index (κ1) is 12.8. The first-order valence-corrected chi connectivity index (χ1v) is 6.84. The minimum atomic E-state index is -0.175. The second kappa shape index (κ2) is 5.36. The van der Waals surface area contributed by atoms with Gasteiger partial charge in [-0.25, -0.2) is 0 Å². The summed E-state index contributed by atoms with van der Waals surface area (Å²) in [6.45, 7) is 7.34. The van der Waals surface area contributed by atoms with Gasteiger partial charge in [-0.15, -0.1) is 0 Å². The highest BCUT2D eigenvalue weighted by Gasteiger charge is 2.36. The molecule has 2 aliphatic rings. The standard InChI is InChI=1S/C13H25N3O/c1-11(12(14)17)8-16-7-3-5-13(10-16)4-2-6-15-9-13/h11,15H,2-10H2,1H3,(H2,14,17). The number of nitrogens with zero attached hydrogens (tertiary/aromatic N) is 1. The summed E-state index contributed by atoms with van der Waals surface area (Å²) in [6, 6.07) is 0. The Hall–Kier alpha value is -0.610. The molecule has 2 aliphatic heterocycles. The molecule has 17 heavy (non-hydrogen) atoms. The van der Waals surface area contributed by atoms with Gasteiger partial charge in [0.1, 0.15) is 0 Å². The molecule has 0 saturated carbocycles. The molecule has 0 aromatic heterocycles. The van der Waals surface area contributed by atoms with E-state index in [4.69, 9.17) is 5.73 Å². The second-order valence-corrected chi connectivity index (χ2v) is 5.92. The number of rotatable bonds is 3. The molecular formula is C13H25N3O. The van der Waals surface area contributed by atoms with Crippen molar-refractivity contribution < 1.29 is 4.79 Å². The molecule has 0 bridgehead atoms. The number of hydrogen-bond donors (Lipinski definition) is 2. The van der Waals surface area contributed by atoms with Crippen molar-refractivity contribution in [2.75, 3.05) is 32.7 Å². The molecule has 1 amide bonds. The average Bonchev–Trinajstić information content (AvgIpc) is 2.30. The van der Waals surface area contributed by atoms with Gasteiger partial charge in [0, 0.05) is 25.6 Å². The normalized spacial score (nSPS) is 32.5. The van der Waals surface area contributed by atoms with Gasteiger partial charge in [0.05, 0.1) is 0 Å². The lowest BCUT2D eigenvalue weighted by molar-refractivity contribution is -0.122. The van der Waals surface area contributed by atoms with Gasteiger partial charge in [-0.2, -0.15) is 0 Å². The number of hydrogen-bond acceptors (Lipinski definition) is 3. The summed E-state index contributed by atoms with van der Waals surface area (Å²) in [5.74, 6) is -0.201. The molecular weight excluding hydrogens is 214 g/mol. The smallest absolute Gasteiger partial charge is 0.221 e. The van der Waals surface area contributed by atoms with Crippen molar-refractivity contribution in [1.29, 1.82) is 0 Å². The molecule has 2 rings (SSSR count). The van der Waals surface area contributed by atoms with E-state index in [2.05, 4.69) is 10.2 Å². The Morgan fingerprint density at radius 2 is 2.24 bits per heavy atom. The van der Waals surface area contributed by atoms with Gasteiger partial charge in [0.25, 0.3) is 0 Å². The summed E-state index contributed by atoms with van der Waals surface area (Å²) in [6.07, 6.45) is 5.22. The number of carbonyl (C=O) groups excluding carboxylic acids is 1. The molecule has 1 spiro atoms. The van der Waals surface area contributed by atoms with Gasteiger partial charge in [0.2, 0.25) is 5.91 Å². The number of carbonyl (C=O) groups is 1. The minimum absolute atomic E-state index is 0.0262. The van der Waals surface area contributed by atoms with Gasteiger partial charge >= 0.3 is 0 Å². The highest BCUT2D eigenvalue weighted by molar-refractivity contribution is 5.76. The van der Waals surface area contributed by atoms with Crippen molar-refractivity contribution in [3.05, 3.63) is 0 Å². The maximum absolute atomic E-state index is 11.1. The Labute approximate surface area is 104 Å². The van der Waals surface area contributed by atoms with Crippen molar-refractivity contribution >= 4 is 5.91 Å². The van der Waals surface area contributed by atoms with E-state index in [9.17, 15) is 4.79 Å². The van der Waals surface area contributed by atoms with Crippen LogP contribution in [0.3, 0.4) is 0 Å². The maximum atomic E-state index is 11.1. The molecule has 0 aromatic carbocycles. The van der Waals surface area contributed by atoms with Crippen LogP contribution in [0.5, 0.6) is 0 Å². The molecule has 2 heterocycles. The molecule has 98 valence electrons. The molecule has 3 N–H and O–H groups in total. The van der Waals surface area contributed by atoms with Crippen molar-refractivity contribution in [2.24, 2.45) is 17.1 Å². The monoisotopic (exact) mass is 239 g/mol. The second-order valence-electron chi connectivity index (χ2n) is 5.92. The van der Waals surface area contributed by atoms with Crippen LogP contribution in [-0.2, 0) is 4.79 Å². The molecule has 2 fully saturated rings. The lowest BCUT2D eigenvalue weighted by Crippen LogP contribution is -2.52. The molecule has 0 aliphatic carbocycles. The van der Waals surface area contributed by atoms with Gasteiger partial charge in [-0.05, 0) is 44.2 Å². The lowest BCUT2D eigenvalue weighted by Gasteiger charge is -2.46. The fourth-order valence-corrected chi connectivity index (χ4v) is 3.32. The van der Waals surface area contributed by atoms with Crippen LogP contribution in [0.15, 0.2) is 0 Å². The maximum Gasteiger partial charge on any atom is 0.221 e. The van der Waals surface area contributed by atoms with Crippen molar-refractivity contribution in [2.45, 2.75) is 32.6 Å². The third kappa shape index (κ3) is 3.19. The zero-order chi connectivity index (χ0) is 12.3. The highest BCUT2D eigenvalue weighted by atomic mass is 16.1. The van der Waals surface area contributed by atoms with E-state index in [1.165, 1.54) is 32.2 Å². The Kier molecular flexibility index (Phi) is 4.05. The van der Waals surface area contributed by atoms with Gasteiger partial charge in [0.15, 0.2) is 0 Å². The number of primary amides is 1. The topological polar surface area (TPSA) is 58.4 Å². The Morgan fingerprint density at radius 1 is 1.47 bits per heavy atom. The van der Waals surface area contributed by atoms with E-state index in [-0.39, 0.29) is 11.8 Å². The van der Waals surface area contributed by atoms with E-state index in [0.717, 1.165) is 26.2 Å². The summed E-state index contributed by atoms with van der Waals surface area (Å²) >= 11 is 0. The minimum Gasteiger partial charge on any atom is -0.369 e. The molecule has 4 nitrogen and oxygen atoms in total. The van der Waals surface area contributed by atoms with Crippen LogP contribution in [0.2, 0.25) is 0 Å². The molecule has 0 radical (unpaired) electrons. The third-order valence-corrected chi connectivity index (χ3v) is 4.32. The van der Waals surface area contributed by atoms with Crippen LogP contribution in [0, 0.1) is 11.3 Å². The van der Waals surface area contributed by atoms with Crippen molar-refractivity contribution in [3.8, 4) is 0 Å². The van der Waals surface area contributed by atoms with E-state index in [1.807, 2.05) is 6.92 Å². The fourth-order valence-electron chi connectivity index (χ4n) is 3.32. The van der Waals surface area contributed by atoms with E-state index >= 15 is 0 Å². The number of likely N-dealkylation sites (tertiary alicyclic amines) is 1. The highest BCUT2D eigenvalue weighted by Crippen LogP contribution is 2.35. The quantitative estimate of drug-likeness (QED) is 0.757. The Morgan fingerprint density at radius 3 is 2.88 bits per heavy atom. The third-order valence-electron chi connectivity index (χ3n) is 4.32. The number of amides is 1. The van der Waals surface area contributed by atoms with Crippen LogP contribution >= 0.6 is 0 Å². The van der Waals surface area contributed by atoms with Gasteiger partial charge in [-0.1, -0.05) is 6.92 Å². The summed E-state index contributed by atoms with van der Waals surface area (Å²) in [7, 11) is 0. The predicted molar refractivity (Wildman–Crippen MR) is 68.6 cm³/mol. The summed E-state index contributed by atoms with van der Waals surface area (Å²) in [5.41, 5.74) is 5.81. The van der Waals surface area contributed by atoms with E-state index in [1.54, 1.807) is 0 Å². The zero-order valence-corrected chi connectivity index (χ0v) is 10.9. The molecule has 4 heteroatoms. The zero-order valence-electron chi connectivity index (χ0n) is 10.9. The van der Waals surface area contributed by atoms with Crippen molar-refractivity contribution in [3.63, 3.8) is 0 Å². The number of nitrogens with one attached hydrogen (secondary N) is 1. The molecule has 2 unspecified atom stereocenters. The van der Waals surface area contributed by atoms with Crippen LogP contribution in [0.25, 0.3) is 0 Å². The van der Waals surface area contributed by atoms with E-state index < -0.39 is 0 Å². The Balaban J connectivity index is 1.90. The fraction of sp³-hybridized carbons (Fsp3) is 0.923. The van der Waals surface area contributed by atoms with E-state index in [0.29, 0.717) is 5.41 Å². The van der Waals surface area contributed by atoms with Gasteiger partial charge in [-0.3, -0.25) is 4.79 Å². The SMILES string of the molecule is CC(CN1CCCC2(CCCNC2)C1)C(N)=O. The van der Waals surface area contributed by atoms with Crippen molar-refractivity contribution in [1.82, 2.24) is 10.2 Å². The van der Waals surface area contributed by atoms with Gasteiger partial charge < -0.3 is 16.0 Å². The van der Waals surface area contributed by atoms with Crippen LogP contribution < -0.4 is 11.1 Å². The number of nitrogens with two attached hydrogens (primary N) is 1. The number of piperidine rings is 2. The lowest BCUT2D eigenvalue weighted by atomic mass is 9.74. The van der Waals surface area contributed by atoms with Crippen LogP contribution in [0.4, 0.5) is 0 Å². The predicted octanol–water partition coefficient (Wildman–Crippen LogP) is 0.573. The molecule has 0 aromatic rings. The van der Waals surface area contributed by atoms with Crippen LogP contribution in [0.1, 0.15) is 32.6 Å². The summed E-state index contributed by atoms with van der Waals surface area (Å²) in [4.78, 5) is 13.6. The summed E-state index contributed by atoms with van der Waals surface area (Å²) in [5, 5.41) is 3.52. The summed E-state index contributed by atoms with van der Waals surface area (Å²) < 4.78 is 0. The average molecular weight is 239 g/mol. The first-order valence-electron chi connectivity index (χ1n) is 6.84. The molecule has 2 atom stereocenters. The van der Waals surface area contributed by atoms with Crippen LogP contribution in [-0.4, -0.2) is 43.5 Å². The first-order chi connectivity index (χ1) is 8.11. The Bertz CT molecular complexity index is 268.